The number of imidazole rings is 1. The lowest BCUT2D eigenvalue weighted by molar-refractivity contribution is -0.126. The number of nitrogens with one attached hydrogen (secondary N) is 2. The number of carbonyl (C=O) groups excluding carboxylic acids is 2. The maximum atomic E-state index is 13.3. The molecule has 1 saturated carbocycles. The summed E-state index contributed by atoms with van der Waals surface area (Å²) in [7, 11) is 1.60. The van der Waals surface area contributed by atoms with E-state index in [2.05, 4.69) is 20.3 Å². The summed E-state index contributed by atoms with van der Waals surface area (Å²) < 4.78 is 26.1. The van der Waals surface area contributed by atoms with Crippen molar-refractivity contribution in [3.05, 3.63) is 53.5 Å². The SMILES string of the molecule is COCCOc1cc2c(cn1)[nH]/c(=N\C(=O)c1ccc(F)cc1)n2C1CCC(C(=O)NC(C)C)CC1. The number of benzene rings is 1. The van der Waals surface area contributed by atoms with Crippen LogP contribution in [0.15, 0.2) is 41.5 Å². The molecule has 2 aromatic heterocycles. The lowest BCUT2D eigenvalue weighted by Gasteiger charge is -2.29. The highest BCUT2D eigenvalue weighted by Crippen LogP contribution is 2.33. The Morgan fingerprint density at radius 3 is 2.58 bits per heavy atom. The van der Waals surface area contributed by atoms with Gasteiger partial charge in [0.25, 0.3) is 5.91 Å². The van der Waals surface area contributed by atoms with Crippen molar-refractivity contribution in [1.29, 1.82) is 0 Å². The van der Waals surface area contributed by atoms with Crippen LogP contribution in [0.25, 0.3) is 11.0 Å². The number of aromatic nitrogens is 3. The number of pyridine rings is 1. The summed E-state index contributed by atoms with van der Waals surface area (Å²) in [6, 6.07) is 7.24. The number of nitrogens with zero attached hydrogens (tertiary/aromatic N) is 3. The Morgan fingerprint density at radius 1 is 1.19 bits per heavy atom. The van der Waals surface area contributed by atoms with Gasteiger partial charge in [0, 0.05) is 36.7 Å². The topological polar surface area (TPSA) is 111 Å². The number of ether oxygens (including phenoxy) is 2. The van der Waals surface area contributed by atoms with E-state index in [-0.39, 0.29) is 29.5 Å². The van der Waals surface area contributed by atoms with Gasteiger partial charge < -0.3 is 24.3 Å². The molecular formula is C26H32FN5O4. The molecule has 2 heterocycles. The average molecular weight is 498 g/mol. The van der Waals surface area contributed by atoms with Gasteiger partial charge in [-0.3, -0.25) is 9.59 Å². The number of aromatic amines is 1. The standard InChI is InChI=1S/C26H32FN5O4/c1-16(2)29-24(33)18-6-10-20(11-7-18)32-22-14-23(36-13-12-35-3)28-15-21(22)30-26(32)31-25(34)17-4-8-19(27)9-5-17/h4-5,8-9,14-16,18,20H,6-7,10-13H2,1-3H3,(H,29,33)(H,30,31,34). The lowest BCUT2D eigenvalue weighted by Crippen LogP contribution is -2.38. The average Bonchev–Trinajstić information content (AvgIpc) is 3.21. The number of rotatable bonds is 8. The first-order chi connectivity index (χ1) is 17.4. The molecule has 0 bridgehead atoms. The predicted molar refractivity (Wildman–Crippen MR) is 132 cm³/mol. The highest BCUT2D eigenvalue weighted by Gasteiger charge is 2.29. The molecule has 0 aliphatic heterocycles. The summed E-state index contributed by atoms with van der Waals surface area (Å²) in [6.45, 7) is 4.70. The maximum absolute atomic E-state index is 13.3. The highest BCUT2D eigenvalue weighted by molar-refractivity contribution is 5.94. The lowest BCUT2D eigenvalue weighted by atomic mass is 9.85. The number of carbonyl (C=O) groups is 2. The number of hydrogen-bond donors (Lipinski definition) is 2. The molecule has 1 aliphatic carbocycles. The van der Waals surface area contributed by atoms with Gasteiger partial charge in [-0.1, -0.05) is 0 Å². The molecule has 1 aliphatic rings. The number of amides is 2. The van der Waals surface area contributed by atoms with Crippen molar-refractivity contribution in [3.63, 3.8) is 0 Å². The second-order valence-corrected chi connectivity index (χ2v) is 9.29. The van der Waals surface area contributed by atoms with Crippen molar-refractivity contribution < 1.29 is 23.5 Å². The van der Waals surface area contributed by atoms with E-state index in [4.69, 9.17) is 9.47 Å². The second-order valence-electron chi connectivity index (χ2n) is 9.29. The largest absolute Gasteiger partial charge is 0.475 e. The molecule has 2 amide bonds. The van der Waals surface area contributed by atoms with E-state index >= 15 is 0 Å². The zero-order valence-corrected chi connectivity index (χ0v) is 20.8. The summed E-state index contributed by atoms with van der Waals surface area (Å²) >= 11 is 0. The molecule has 0 radical (unpaired) electrons. The number of H-pyrrole nitrogens is 1. The van der Waals surface area contributed by atoms with Crippen LogP contribution >= 0.6 is 0 Å². The van der Waals surface area contributed by atoms with Gasteiger partial charge in [-0.15, -0.1) is 0 Å². The molecule has 10 heteroatoms. The zero-order chi connectivity index (χ0) is 25.7. The monoisotopic (exact) mass is 497 g/mol. The molecule has 36 heavy (non-hydrogen) atoms. The molecule has 3 aromatic rings. The molecule has 1 aromatic carbocycles. The summed E-state index contributed by atoms with van der Waals surface area (Å²) in [5, 5.41) is 3.01. The molecule has 0 saturated heterocycles. The third-order valence-electron chi connectivity index (χ3n) is 6.29. The Morgan fingerprint density at radius 2 is 1.92 bits per heavy atom. The van der Waals surface area contributed by atoms with E-state index in [0.717, 1.165) is 31.2 Å². The van der Waals surface area contributed by atoms with Gasteiger partial charge in [0.1, 0.15) is 12.4 Å². The van der Waals surface area contributed by atoms with E-state index in [0.29, 0.717) is 30.2 Å². The van der Waals surface area contributed by atoms with E-state index in [1.165, 1.54) is 24.3 Å². The van der Waals surface area contributed by atoms with Gasteiger partial charge in [0.05, 0.1) is 23.8 Å². The van der Waals surface area contributed by atoms with E-state index < -0.39 is 11.7 Å². The van der Waals surface area contributed by atoms with Gasteiger partial charge in [-0.05, 0) is 63.8 Å². The number of hydrogen-bond acceptors (Lipinski definition) is 5. The van der Waals surface area contributed by atoms with E-state index in [9.17, 15) is 14.0 Å². The summed E-state index contributed by atoms with van der Waals surface area (Å²) in [4.78, 5) is 37.3. The fraction of sp³-hybridized carbons (Fsp3) is 0.462. The van der Waals surface area contributed by atoms with Crippen molar-refractivity contribution in [1.82, 2.24) is 19.9 Å². The van der Waals surface area contributed by atoms with Gasteiger partial charge in [0.2, 0.25) is 17.4 Å². The summed E-state index contributed by atoms with van der Waals surface area (Å²) in [6.07, 6.45) is 4.62. The van der Waals surface area contributed by atoms with Crippen LogP contribution in [0.3, 0.4) is 0 Å². The van der Waals surface area contributed by atoms with Crippen molar-refractivity contribution >= 4 is 22.8 Å². The molecule has 0 unspecified atom stereocenters. The van der Waals surface area contributed by atoms with Crippen LogP contribution in [-0.4, -0.2) is 52.7 Å². The normalized spacial score (nSPS) is 18.5. The summed E-state index contributed by atoms with van der Waals surface area (Å²) in [5.74, 6) is -0.414. The Kier molecular flexibility index (Phi) is 8.14. The first-order valence-corrected chi connectivity index (χ1v) is 12.2. The van der Waals surface area contributed by atoms with Crippen LogP contribution in [-0.2, 0) is 9.53 Å². The first kappa shape index (κ1) is 25.6. The second kappa shape index (κ2) is 11.5. The smallest absolute Gasteiger partial charge is 0.280 e. The first-order valence-electron chi connectivity index (χ1n) is 12.2. The van der Waals surface area contributed by atoms with Gasteiger partial charge in [0.15, 0.2) is 0 Å². The van der Waals surface area contributed by atoms with Gasteiger partial charge in [-0.2, -0.15) is 4.99 Å². The molecule has 0 spiro atoms. The maximum Gasteiger partial charge on any atom is 0.280 e. The van der Waals surface area contributed by atoms with Gasteiger partial charge in [-0.25, -0.2) is 9.37 Å². The van der Waals surface area contributed by atoms with Crippen LogP contribution in [0, 0.1) is 11.7 Å². The number of halogens is 1. The van der Waals surface area contributed by atoms with Crippen LogP contribution < -0.4 is 15.7 Å². The fourth-order valence-corrected chi connectivity index (χ4v) is 4.53. The molecule has 192 valence electrons. The molecule has 2 N–H and O–H groups in total. The van der Waals surface area contributed by atoms with Crippen molar-refractivity contribution in [2.45, 2.75) is 51.6 Å². The molecule has 9 nitrogen and oxygen atoms in total. The van der Waals surface area contributed by atoms with E-state index in [1.807, 2.05) is 24.5 Å². The predicted octanol–water partition coefficient (Wildman–Crippen LogP) is 3.53. The minimum atomic E-state index is -0.482. The molecule has 0 atom stereocenters. The minimum absolute atomic E-state index is 0.0239. The third kappa shape index (κ3) is 5.99. The van der Waals surface area contributed by atoms with Crippen molar-refractivity contribution in [2.24, 2.45) is 10.9 Å². The molecule has 1 fully saturated rings. The highest BCUT2D eigenvalue weighted by atomic mass is 19.1. The minimum Gasteiger partial charge on any atom is -0.475 e. The Hall–Kier alpha value is -3.53. The van der Waals surface area contributed by atoms with Crippen molar-refractivity contribution in [2.75, 3.05) is 20.3 Å². The van der Waals surface area contributed by atoms with Crippen LogP contribution in [0.2, 0.25) is 0 Å². The quantitative estimate of drug-likeness (QED) is 0.463. The summed E-state index contributed by atoms with van der Waals surface area (Å²) in [5.41, 5.74) is 2.18. The Balaban J connectivity index is 1.68. The molecular weight excluding hydrogens is 465 g/mol. The number of fused-ring (bicyclic) bond motifs is 1. The van der Waals surface area contributed by atoms with Crippen molar-refractivity contribution in [3.8, 4) is 5.88 Å². The third-order valence-corrected chi connectivity index (χ3v) is 6.29. The fourth-order valence-electron chi connectivity index (χ4n) is 4.53. The van der Waals surface area contributed by atoms with E-state index in [1.54, 1.807) is 13.3 Å². The van der Waals surface area contributed by atoms with Crippen LogP contribution in [0.5, 0.6) is 5.88 Å². The Labute approximate surface area is 208 Å². The van der Waals surface area contributed by atoms with Crippen LogP contribution in [0.4, 0.5) is 4.39 Å². The van der Waals surface area contributed by atoms with Crippen LogP contribution in [0.1, 0.15) is 55.9 Å². The Bertz CT molecular complexity index is 1270. The van der Waals surface area contributed by atoms with Gasteiger partial charge >= 0.3 is 0 Å². The molecule has 4 rings (SSSR count). The zero-order valence-electron chi connectivity index (χ0n) is 20.8. The number of methoxy groups -OCH3 is 1.